The van der Waals surface area contributed by atoms with Crippen molar-refractivity contribution in [2.75, 3.05) is 16.8 Å². The highest BCUT2D eigenvalue weighted by Crippen LogP contribution is 2.37. The van der Waals surface area contributed by atoms with Crippen LogP contribution in [0.3, 0.4) is 0 Å². The number of benzene rings is 2. The lowest BCUT2D eigenvalue weighted by Gasteiger charge is -2.37. The van der Waals surface area contributed by atoms with E-state index in [1.807, 2.05) is 42.2 Å². The maximum absolute atomic E-state index is 13.6. The van der Waals surface area contributed by atoms with Gasteiger partial charge in [0.1, 0.15) is 11.6 Å². The second-order valence-electron chi connectivity index (χ2n) is 9.65. The molecule has 1 saturated heterocycles. The van der Waals surface area contributed by atoms with E-state index in [-0.39, 0.29) is 28.8 Å². The molecule has 2 amide bonds. The van der Waals surface area contributed by atoms with Crippen LogP contribution in [0.2, 0.25) is 0 Å². The summed E-state index contributed by atoms with van der Waals surface area (Å²) in [5.41, 5.74) is 1.36. The SMILES string of the molecule is Cc1cccc(S(=O)(=O)NC2(C(=O)NC3CC4C(=O)Nc5ccccc5N4C3)CCCCC2)c1. The lowest BCUT2D eigenvalue weighted by Crippen LogP contribution is -2.61. The second-order valence-corrected chi connectivity index (χ2v) is 11.3. The molecular formula is C25H30N4O4S. The Kier molecular flexibility index (Phi) is 5.85. The summed E-state index contributed by atoms with van der Waals surface area (Å²) in [4.78, 5) is 28.5. The van der Waals surface area contributed by atoms with E-state index in [2.05, 4.69) is 15.4 Å². The van der Waals surface area contributed by atoms with Crippen LogP contribution in [0.25, 0.3) is 0 Å². The molecule has 5 rings (SSSR count). The van der Waals surface area contributed by atoms with Crippen molar-refractivity contribution in [1.29, 1.82) is 0 Å². The van der Waals surface area contributed by atoms with Gasteiger partial charge in [-0.3, -0.25) is 9.59 Å². The molecule has 1 saturated carbocycles. The van der Waals surface area contributed by atoms with Gasteiger partial charge in [0.05, 0.1) is 16.3 Å². The van der Waals surface area contributed by atoms with E-state index in [1.165, 1.54) is 0 Å². The van der Waals surface area contributed by atoms with Crippen LogP contribution in [0.1, 0.15) is 44.1 Å². The Bertz CT molecular complexity index is 1220. The normalized spacial score (nSPS) is 23.6. The Balaban J connectivity index is 1.36. The molecule has 34 heavy (non-hydrogen) atoms. The number of sulfonamides is 1. The minimum absolute atomic E-state index is 0.0806. The van der Waals surface area contributed by atoms with Gasteiger partial charge < -0.3 is 15.5 Å². The maximum Gasteiger partial charge on any atom is 0.247 e. The number of rotatable bonds is 5. The topological polar surface area (TPSA) is 108 Å². The summed E-state index contributed by atoms with van der Waals surface area (Å²) in [6.45, 7) is 2.34. The van der Waals surface area contributed by atoms with Crippen molar-refractivity contribution >= 4 is 33.2 Å². The summed E-state index contributed by atoms with van der Waals surface area (Å²) in [7, 11) is -3.87. The van der Waals surface area contributed by atoms with E-state index in [4.69, 9.17) is 0 Å². The summed E-state index contributed by atoms with van der Waals surface area (Å²) >= 11 is 0. The summed E-state index contributed by atoms with van der Waals surface area (Å²) in [5, 5.41) is 6.04. The molecule has 0 radical (unpaired) electrons. The Morgan fingerprint density at radius 2 is 1.85 bits per heavy atom. The number of anilines is 2. The van der Waals surface area contributed by atoms with Crippen molar-refractivity contribution in [2.45, 2.75) is 68.0 Å². The molecule has 2 unspecified atom stereocenters. The van der Waals surface area contributed by atoms with Crippen molar-refractivity contribution in [2.24, 2.45) is 0 Å². The minimum Gasteiger partial charge on any atom is -0.356 e. The number of carbonyl (C=O) groups excluding carboxylic acids is 2. The number of fused-ring (bicyclic) bond motifs is 3. The zero-order chi connectivity index (χ0) is 23.9. The quantitative estimate of drug-likeness (QED) is 0.607. The standard InChI is InChI=1S/C25H30N4O4S/c1-17-8-7-9-19(14-17)34(32,33)28-25(12-5-2-6-13-25)24(31)26-18-15-22-23(30)27-20-10-3-4-11-21(20)29(22)16-18/h3-4,7-11,14,18,22,28H,2,5-6,12-13,15-16H2,1H3,(H,26,31)(H,27,30). The molecule has 2 aromatic rings. The highest BCUT2D eigenvalue weighted by molar-refractivity contribution is 7.89. The number of carbonyl (C=O) groups is 2. The van der Waals surface area contributed by atoms with E-state index >= 15 is 0 Å². The summed E-state index contributed by atoms with van der Waals surface area (Å²) < 4.78 is 29.2. The lowest BCUT2D eigenvalue weighted by molar-refractivity contribution is -0.129. The van der Waals surface area contributed by atoms with Crippen LogP contribution in [0.15, 0.2) is 53.4 Å². The van der Waals surface area contributed by atoms with Gasteiger partial charge in [0.15, 0.2) is 0 Å². The minimum atomic E-state index is -3.87. The number of nitrogens with one attached hydrogen (secondary N) is 3. The van der Waals surface area contributed by atoms with Crippen LogP contribution < -0.4 is 20.3 Å². The van der Waals surface area contributed by atoms with Crippen molar-refractivity contribution in [3.8, 4) is 0 Å². The van der Waals surface area contributed by atoms with Crippen molar-refractivity contribution < 1.29 is 18.0 Å². The smallest absolute Gasteiger partial charge is 0.247 e. The predicted molar refractivity (Wildman–Crippen MR) is 130 cm³/mol. The molecule has 0 spiro atoms. The fourth-order valence-electron chi connectivity index (χ4n) is 5.45. The van der Waals surface area contributed by atoms with E-state index < -0.39 is 15.6 Å². The van der Waals surface area contributed by atoms with Gasteiger partial charge in [-0.1, -0.05) is 43.5 Å². The third kappa shape index (κ3) is 4.18. The molecule has 3 N–H and O–H groups in total. The molecule has 2 atom stereocenters. The molecule has 2 aliphatic heterocycles. The van der Waals surface area contributed by atoms with Crippen molar-refractivity contribution in [1.82, 2.24) is 10.0 Å². The largest absolute Gasteiger partial charge is 0.356 e. The van der Waals surface area contributed by atoms with E-state index in [1.54, 1.807) is 18.2 Å². The van der Waals surface area contributed by atoms with Crippen LogP contribution in [0.4, 0.5) is 11.4 Å². The van der Waals surface area contributed by atoms with E-state index in [0.29, 0.717) is 25.8 Å². The molecule has 180 valence electrons. The zero-order valence-corrected chi connectivity index (χ0v) is 20.0. The number of nitrogens with zero attached hydrogens (tertiary/aromatic N) is 1. The first kappa shape index (κ1) is 22.9. The first-order valence-electron chi connectivity index (χ1n) is 11.9. The van der Waals surface area contributed by atoms with Gasteiger partial charge >= 0.3 is 0 Å². The van der Waals surface area contributed by atoms with E-state index in [0.717, 1.165) is 36.2 Å². The lowest BCUT2D eigenvalue weighted by atomic mass is 9.81. The van der Waals surface area contributed by atoms with Crippen LogP contribution in [-0.4, -0.2) is 44.4 Å². The molecule has 9 heteroatoms. The van der Waals surface area contributed by atoms with Crippen LogP contribution in [0.5, 0.6) is 0 Å². The molecule has 1 aliphatic carbocycles. The van der Waals surface area contributed by atoms with Gasteiger partial charge in [0.2, 0.25) is 21.8 Å². The Morgan fingerprint density at radius 3 is 2.62 bits per heavy atom. The second kappa shape index (κ2) is 8.70. The maximum atomic E-state index is 13.6. The Labute approximate surface area is 200 Å². The van der Waals surface area contributed by atoms with E-state index in [9.17, 15) is 18.0 Å². The van der Waals surface area contributed by atoms with Gasteiger partial charge in [-0.25, -0.2) is 8.42 Å². The first-order valence-corrected chi connectivity index (χ1v) is 13.3. The van der Waals surface area contributed by atoms with Gasteiger partial charge in [0.25, 0.3) is 0 Å². The fourth-order valence-corrected chi connectivity index (χ4v) is 6.98. The molecule has 2 fully saturated rings. The monoisotopic (exact) mass is 482 g/mol. The van der Waals surface area contributed by atoms with Gasteiger partial charge in [-0.2, -0.15) is 4.72 Å². The average Bonchev–Trinajstić information content (AvgIpc) is 3.24. The van der Waals surface area contributed by atoms with Crippen LogP contribution in [-0.2, 0) is 19.6 Å². The number of hydrogen-bond donors (Lipinski definition) is 3. The third-order valence-corrected chi connectivity index (χ3v) is 8.72. The molecular weight excluding hydrogens is 452 g/mol. The Morgan fingerprint density at radius 1 is 1.09 bits per heavy atom. The zero-order valence-electron chi connectivity index (χ0n) is 19.2. The highest BCUT2D eigenvalue weighted by Gasteiger charge is 2.46. The molecule has 0 aromatic heterocycles. The molecule has 2 heterocycles. The average molecular weight is 483 g/mol. The summed E-state index contributed by atoms with van der Waals surface area (Å²) in [6, 6.07) is 13.7. The number of para-hydroxylation sites is 2. The molecule has 8 nitrogen and oxygen atoms in total. The number of hydrogen-bond acceptors (Lipinski definition) is 5. The van der Waals surface area contributed by atoms with Crippen molar-refractivity contribution in [3.63, 3.8) is 0 Å². The highest BCUT2D eigenvalue weighted by atomic mass is 32.2. The number of amides is 2. The summed E-state index contributed by atoms with van der Waals surface area (Å²) in [6.07, 6.45) is 3.90. The predicted octanol–water partition coefficient (Wildman–Crippen LogP) is 2.69. The van der Waals surface area contributed by atoms with Gasteiger partial charge in [-0.15, -0.1) is 0 Å². The van der Waals surface area contributed by atoms with Crippen LogP contribution >= 0.6 is 0 Å². The van der Waals surface area contributed by atoms with Crippen LogP contribution in [0, 0.1) is 6.92 Å². The van der Waals surface area contributed by atoms with Gasteiger partial charge in [0, 0.05) is 12.6 Å². The fraction of sp³-hybridized carbons (Fsp3) is 0.440. The molecule has 3 aliphatic rings. The Hall–Kier alpha value is -2.91. The molecule has 2 aromatic carbocycles. The summed E-state index contributed by atoms with van der Waals surface area (Å²) in [5.74, 6) is -0.384. The van der Waals surface area contributed by atoms with Gasteiger partial charge in [-0.05, 0) is 56.0 Å². The number of aryl methyl sites for hydroxylation is 1. The van der Waals surface area contributed by atoms with Crippen molar-refractivity contribution in [3.05, 3.63) is 54.1 Å². The first-order chi connectivity index (χ1) is 16.3. The third-order valence-electron chi connectivity index (χ3n) is 7.18. The molecule has 0 bridgehead atoms.